The molecule has 0 aliphatic rings. The summed E-state index contributed by atoms with van der Waals surface area (Å²) in [5.41, 5.74) is 0. The molecule has 0 radical (unpaired) electrons. The van der Waals surface area contributed by atoms with Gasteiger partial charge in [0.1, 0.15) is 6.42 Å². The minimum atomic E-state index is -2.94. The number of nitrogens with two attached hydrogens (primary N) is 4. The van der Waals surface area contributed by atoms with E-state index >= 15 is 0 Å². The first kappa shape index (κ1) is 14.0. The Morgan fingerprint density at radius 2 is 1.17 bits per heavy atom. The van der Waals surface area contributed by atoms with Crippen LogP contribution < -0.4 is 17.2 Å². The van der Waals surface area contributed by atoms with Gasteiger partial charge in [-0.3, -0.25) is 9.59 Å². The van der Waals surface area contributed by atoms with E-state index in [4.69, 9.17) is 27.4 Å². The molecule has 0 bridgehead atoms. The van der Waals surface area contributed by atoms with Gasteiger partial charge in [0.2, 0.25) is 0 Å². The minimum absolute atomic E-state index is 0.806. The summed E-state index contributed by atoms with van der Waals surface area (Å²) in [4.78, 5) is 18.9. The Hall–Kier alpha value is -0.532. The fourth-order valence-electron chi connectivity index (χ4n) is 0.129. The van der Waals surface area contributed by atoms with Crippen LogP contribution >= 0.6 is 0 Å². The van der Waals surface area contributed by atoms with Crippen molar-refractivity contribution in [1.82, 2.24) is 0 Å². The van der Waals surface area contributed by atoms with Gasteiger partial charge < -0.3 is 10.2 Å². The Morgan fingerprint density at radius 1 is 1.00 bits per heavy atom. The second kappa shape index (κ2) is 6.04. The van der Waals surface area contributed by atoms with Crippen molar-refractivity contribution < 1.29 is 36.9 Å². The summed E-state index contributed by atoms with van der Waals surface area (Å²) in [6, 6.07) is 0. The van der Waals surface area contributed by atoms with Gasteiger partial charge in [0.15, 0.2) is 0 Å². The van der Waals surface area contributed by atoms with Crippen molar-refractivity contribution in [3.63, 3.8) is 0 Å². The second-order valence-corrected chi connectivity index (χ2v) is 6.14. The van der Waals surface area contributed by atoms with E-state index in [-0.39, 0.29) is 0 Å². The van der Waals surface area contributed by atoms with E-state index in [0.29, 0.717) is 0 Å². The van der Waals surface area contributed by atoms with Gasteiger partial charge in [0, 0.05) is 0 Å². The van der Waals surface area contributed by atoms with E-state index in [1.807, 2.05) is 0 Å². The van der Waals surface area contributed by atoms with Crippen LogP contribution in [-0.2, 0) is 26.7 Å². The SMILES string of the molecule is O=C(O)CC(=O)O.[NH2][Pt]([NH2])([NH2])[NH2]. The maximum absolute atomic E-state index is 9.43. The van der Waals surface area contributed by atoms with Gasteiger partial charge in [-0.2, -0.15) is 0 Å². The fourth-order valence-corrected chi connectivity index (χ4v) is 0.129. The van der Waals surface area contributed by atoms with Crippen LogP contribution in [0.1, 0.15) is 6.42 Å². The van der Waals surface area contributed by atoms with E-state index in [1.54, 1.807) is 0 Å². The average molecular weight is 363 g/mol. The van der Waals surface area contributed by atoms with Crippen LogP contribution in [0.25, 0.3) is 0 Å². The monoisotopic (exact) mass is 363 g/mol. The summed E-state index contributed by atoms with van der Waals surface area (Å²) in [6.07, 6.45) is -0.806. The number of carbonyl (C=O) groups is 2. The first-order chi connectivity index (χ1) is 5.13. The van der Waals surface area contributed by atoms with Crippen LogP contribution in [0.4, 0.5) is 0 Å². The number of rotatable bonds is 2. The first-order valence-corrected chi connectivity index (χ1v) is 7.54. The normalized spacial score (nSPS) is 11.0. The predicted octanol–water partition coefficient (Wildman–Crippen LogP) is -2.82. The summed E-state index contributed by atoms with van der Waals surface area (Å²) < 4.78 is 19.5. The van der Waals surface area contributed by atoms with Gasteiger partial charge in [-0.1, -0.05) is 0 Å². The third-order valence-corrected chi connectivity index (χ3v) is 0.302. The van der Waals surface area contributed by atoms with Gasteiger partial charge in [-0.25, -0.2) is 0 Å². The second-order valence-electron chi connectivity index (χ2n) is 1.60. The standard InChI is InChI=1S/C3H4O4.4H2N.Pt/c4-2(5)1-3(6)7;;;;;/h1H2,(H,4,5)(H,6,7);4*1H2;/q;4*-1;+4. The third-order valence-electron chi connectivity index (χ3n) is 0.302. The Bertz CT molecular complexity index is 148. The van der Waals surface area contributed by atoms with E-state index in [1.165, 1.54) is 0 Å². The molecule has 10 N–H and O–H groups in total. The van der Waals surface area contributed by atoms with Crippen molar-refractivity contribution in [2.45, 2.75) is 6.42 Å². The fraction of sp³-hybridized carbons (Fsp3) is 0.333. The number of carboxylic acid groups (broad SMARTS) is 2. The van der Waals surface area contributed by atoms with Crippen LogP contribution in [0.15, 0.2) is 0 Å². The predicted molar refractivity (Wildman–Crippen MR) is 36.6 cm³/mol. The third kappa shape index (κ3) is 56.4. The molecule has 0 spiro atoms. The molecule has 0 aliphatic heterocycles. The molecule has 0 fully saturated rings. The first-order valence-electron chi connectivity index (χ1n) is 2.29. The van der Waals surface area contributed by atoms with Crippen LogP contribution in [0.5, 0.6) is 0 Å². The van der Waals surface area contributed by atoms with Crippen LogP contribution in [-0.4, -0.2) is 22.2 Å². The quantitative estimate of drug-likeness (QED) is 0.284. The van der Waals surface area contributed by atoms with Crippen LogP contribution in [0.3, 0.4) is 0 Å². The molecule has 0 aromatic carbocycles. The molecule has 0 atom stereocenters. The number of hydrogen-bond donors (Lipinski definition) is 6. The molecule has 0 aromatic heterocycles. The summed E-state index contributed by atoms with van der Waals surface area (Å²) in [7, 11) is 0. The van der Waals surface area contributed by atoms with Crippen molar-refractivity contribution in [2.24, 2.45) is 17.2 Å². The van der Waals surface area contributed by atoms with Crippen molar-refractivity contribution in [1.29, 1.82) is 0 Å². The van der Waals surface area contributed by atoms with Crippen LogP contribution in [0, 0.1) is 0 Å². The molecule has 9 heteroatoms. The van der Waals surface area contributed by atoms with E-state index in [0.717, 1.165) is 0 Å². The molecule has 0 rings (SSSR count). The summed E-state index contributed by atoms with van der Waals surface area (Å²) in [5, 5.41) is 15.4. The zero-order valence-corrected chi connectivity index (χ0v) is 8.32. The number of aliphatic carboxylic acids is 2. The van der Waals surface area contributed by atoms with Crippen molar-refractivity contribution in [3.05, 3.63) is 0 Å². The summed E-state index contributed by atoms with van der Waals surface area (Å²) >= 11 is -2.94. The number of carboxylic acids is 2. The van der Waals surface area contributed by atoms with Gasteiger partial charge in [0.25, 0.3) is 0 Å². The molecule has 0 amide bonds. The molecule has 0 saturated carbocycles. The Morgan fingerprint density at radius 3 is 1.17 bits per heavy atom. The Kier molecular flexibility index (Phi) is 7.05. The molecule has 0 aromatic rings. The zero-order valence-electron chi connectivity index (χ0n) is 6.04. The Balaban J connectivity index is 0. The number of hydrogen-bond acceptors (Lipinski definition) is 6. The molecular formula is C3H12N4O4Pt. The summed E-state index contributed by atoms with van der Waals surface area (Å²) in [6.45, 7) is 0. The topological polar surface area (TPSA) is 179 Å². The van der Waals surface area contributed by atoms with E-state index < -0.39 is 35.4 Å². The van der Waals surface area contributed by atoms with Gasteiger partial charge in [-0.05, 0) is 0 Å². The van der Waals surface area contributed by atoms with E-state index in [9.17, 15) is 9.59 Å². The summed E-state index contributed by atoms with van der Waals surface area (Å²) in [5.74, 6) is -2.62. The van der Waals surface area contributed by atoms with Gasteiger partial charge in [-0.15, -0.1) is 0 Å². The Labute approximate surface area is 72.9 Å². The van der Waals surface area contributed by atoms with Crippen molar-refractivity contribution in [2.75, 3.05) is 0 Å². The molecule has 0 aliphatic carbocycles. The van der Waals surface area contributed by atoms with Gasteiger partial charge in [0.05, 0.1) is 0 Å². The van der Waals surface area contributed by atoms with Crippen molar-refractivity contribution in [3.8, 4) is 0 Å². The molecule has 8 nitrogen and oxygen atoms in total. The zero-order chi connectivity index (χ0) is 10.4. The molecule has 0 heterocycles. The molecule has 12 heavy (non-hydrogen) atoms. The van der Waals surface area contributed by atoms with Gasteiger partial charge >= 0.3 is 46.2 Å². The van der Waals surface area contributed by atoms with E-state index in [2.05, 4.69) is 0 Å². The average Bonchev–Trinajstić information content (AvgIpc) is 1.52. The van der Waals surface area contributed by atoms with Crippen LogP contribution in [0.2, 0.25) is 0 Å². The molecular weight excluding hydrogens is 351 g/mol. The van der Waals surface area contributed by atoms with Crippen molar-refractivity contribution >= 4 is 11.9 Å². The molecule has 0 unspecified atom stereocenters. The molecule has 0 saturated heterocycles. The molecule has 78 valence electrons. The maximum atomic E-state index is 9.43.